The van der Waals surface area contributed by atoms with Gasteiger partial charge in [-0.15, -0.1) is 0 Å². The van der Waals surface area contributed by atoms with Crippen molar-refractivity contribution in [1.82, 2.24) is 0 Å². The summed E-state index contributed by atoms with van der Waals surface area (Å²) >= 11 is 0. The molecule has 0 unspecified atom stereocenters. The van der Waals surface area contributed by atoms with Crippen LogP contribution in [0.15, 0.2) is 18.2 Å². The average molecular weight is 220 g/mol. The number of hydrogen-bond donors (Lipinski definition) is 0. The second-order valence-electron chi connectivity index (χ2n) is 5.19. The van der Waals surface area contributed by atoms with Crippen molar-refractivity contribution in [2.45, 2.75) is 26.7 Å². The maximum atomic E-state index is 5.51. The second kappa shape index (κ2) is 4.56. The first-order valence-corrected chi connectivity index (χ1v) is 5.78. The predicted octanol–water partition coefficient (Wildman–Crippen LogP) is 2.72. The molecule has 0 radical (unpaired) electrons. The van der Waals surface area contributed by atoms with E-state index in [9.17, 15) is 0 Å². The largest absolute Gasteiger partial charge is 0.359 e. The lowest BCUT2D eigenvalue weighted by Gasteiger charge is -2.22. The molecule has 1 aromatic carbocycles. The Balaban J connectivity index is 2.03. The molecule has 0 bridgehead atoms. The molecular formula is C14H20O2. The minimum atomic E-state index is 0.245. The molecule has 0 fully saturated rings. The van der Waals surface area contributed by atoms with Gasteiger partial charge in [0.15, 0.2) is 0 Å². The van der Waals surface area contributed by atoms with Crippen molar-refractivity contribution in [3.8, 4) is 0 Å². The van der Waals surface area contributed by atoms with Gasteiger partial charge in [0.25, 0.3) is 0 Å². The van der Waals surface area contributed by atoms with E-state index in [1.165, 1.54) is 16.7 Å². The van der Waals surface area contributed by atoms with Gasteiger partial charge in [-0.2, -0.15) is 0 Å². The van der Waals surface area contributed by atoms with Crippen LogP contribution in [0.4, 0.5) is 0 Å². The summed E-state index contributed by atoms with van der Waals surface area (Å²) < 4.78 is 10.4. The minimum absolute atomic E-state index is 0.245. The Morgan fingerprint density at radius 1 is 1.25 bits per heavy atom. The average Bonchev–Trinajstić information content (AvgIpc) is 2.54. The van der Waals surface area contributed by atoms with E-state index in [4.69, 9.17) is 9.47 Å². The minimum Gasteiger partial charge on any atom is -0.359 e. The number of aryl methyl sites for hydroxylation is 1. The number of benzene rings is 1. The Labute approximate surface area is 97.6 Å². The first kappa shape index (κ1) is 11.6. The molecule has 0 amide bonds. The third-order valence-corrected chi connectivity index (χ3v) is 3.25. The summed E-state index contributed by atoms with van der Waals surface area (Å²) in [5.74, 6) is 0. The molecular weight excluding hydrogens is 200 g/mol. The highest BCUT2D eigenvalue weighted by Gasteiger charge is 2.32. The number of fused-ring (bicyclic) bond motifs is 1. The maximum Gasteiger partial charge on any atom is 0.146 e. The third-order valence-electron chi connectivity index (χ3n) is 3.25. The van der Waals surface area contributed by atoms with E-state index < -0.39 is 0 Å². The lowest BCUT2D eigenvalue weighted by molar-refractivity contribution is -0.0594. The van der Waals surface area contributed by atoms with Crippen LogP contribution in [0.1, 0.15) is 23.6 Å². The number of rotatable bonds is 4. The standard InChI is InChI=1S/C14H20O2/c1-11-4-5-12-7-14(2,8-13(12)6-11)9-16-10-15-3/h4-6H,7-10H2,1-3H3/t14-/m1/s1. The summed E-state index contributed by atoms with van der Waals surface area (Å²) in [6, 6.07) is 6.75. The van der Waals surface area contributed by atoms with Gasteiger partial charge in [0.2, 0.25) is 0 Å². The predicted molar refractivity (Wildman–Crippen MR) is 64.5 cm³/mol. The fourth-order valence-corrected chi connectivity index (χ4v) is 2.55. The molecule has 2 heteroatoms. The van der Waals surface area contributed by atoms with Gasteiger partial charge in [-0.1, -0.05) is 30.7 Å². The fraction of sp³-hybridized carbons (Fsp3) is 0.571. The molecule has 0 saturated heterocycles. The van der Waals surface area contributed by atoms with Crippen LogP contribution in [-0.2, 0) is 22.3 Å². The first-order chi connectivity index (χ1) is 7.63. The van der Waals surface area contributed by atoms with E-state index in [0.29, 0.717) is 6.79 Å². The van der Waals surface area contributed by atoms with Crippen molar-refractivity contribution in [1.29, 1.82) is 0 Å². The van der Waals surface area contributed by atoms with Gasteiger partial charge in [-0.25, -0.2) is 0 Å². The Hall–Kier alpha value is -0.860. The highest BCUT2D eigenvalue weighted by atomic mass is 16.7. The van der Waals surface area contributed by atoms with E-state index in [1.54, 1.807) is 7.11 Å². The zero-order chi connectivity index (χ0) is 11.6. The molecule has 88 valence electrons. The van der Waals surface area contributed by atoms with Crippen LogP contribution in [0.25, 0.3) is 0 Å². The molecule has 0 N–H and O–H groups in total. The van der Waals surface area contributed by atoms with Crippen molar-refractivity contribution in [2.24, 2.45) is 5.41 Å². The van der Waals surface area contributed by atoms with Gasteiger partial charge in [-0.05, 0) is 36.3 Å². The molecule has 2 rings (SSSR count). The van der Waals surface area contributed by atoms with Crippen LogP contribution in [0.3, 0.4) is 0 Å². The number of ether oxygens (including phenoxy) is 2. The quantitative estimate of drug-likeness (QED) is 0.574. The smallest absolute Gasteiger partial charge is 0.146 e. The van der Waals surface area contributed by atoms with Crippen LogP contribution in [0.5, 0.6) is 0 Å². The summed E-state index contributed by atoms with van der Waals surface area (Å²) in [5.41, 5.74) is 4.56. The van der Waals surface area contributed by atoms with Crippen LogP contribution < -0.4 is 0 Å². The van der Waals surface area contributed by atoms with Gasteiger partial charge < -0.3 is 9.47 Å². The summed E-state index contributed by atoms with van der Waals surface area (Å²) in [6.45, 7) is 5.61. The van der Waals surface area contributed by atoms with Crippen molar-refractivity contribution < 1.29 is 9.47 Å². The Morgan fingerprint density at radius 3 is 2.75 bits per heavy atom. The van der Waals surface area contributed by atoms with Crippen molar-refractivity contribution in [2.75, 3.05) is 20.5 Å². The SMILES string of the molecule is COCOC[C@]1(C)Cc2ccc(C)cc2C1. The van der Waals surface area contributed by atoms with Gasteiger partial charge in [0.05, 0.1) is 6.61 Å². The van der Waals surface area contributed by atoms with E-state index in [2.05, 4.69) is 32.0 Å². The first-order valence-electron chi connectivity index (χ1n) is 5.78. The topological polar surface area (TPSA) is 18.5 Å². The zero-order valence-corrected chi connectivity index (χ0v) is 10.4. The van der Waals surface area contributed by atoms with Crippen molar-refractivity contribution in [3.63, 3.8) is 0 Å². The van der Waals surface area contributed by atoms with Crippen LogP contribution in [-0.4, -0.2) is 20.5 Å². The lowest BCUT2D eigenvalue weighted by Crippen LogP contribution is -2.24. The van der Waals surface area contributed by atoms with E-state index in [1.807, 2.05) is 0 Å². The maximum absolute atomic E-state index is 5.51. The Morgan fingerprint density at radius 2 is 2.00 bits per heavy atom. The van der Waals surface area contributed by atoms with Crippen LogP contribution >= 0.6 is 0 Å². The molecule has 0 spiro atoms. The van der Waals surface area contributed by atoms with Crippen molar-refractivity contribution >= 4 is 0 Å². The van der Waals surface area contributed by atoms with E-state index in [0.717, 1.165) is 19.4 Å². The summed E-state index contributed by atoms with van der Waals surface area (Å²) in [7, 11) is 1.66. The third kappa shape index (κ3) is 2.45. The Bertz CT molecular complexity index is 373. The Kier molecular flexibility index (Phi) is 3.31. The molecule has 1 aliphatic rings. The number of hydrogen-bond acceptors (Lipinski definition) is 2. The van der Waals surface area contributed by atoms with Gasteiger partial charge in [0.1, 0.15) is 6.79 Å². The molecule has 0 heterocycles. The molecule has 1 aliphatic carbocycles. The number of methoxy groups -OCH3 is 1. The summed E-state index contributed by atoms with van der Waals surface area (Å²) in [6.07, 6.45) is 2.24. The molecule has 1 atom stereocenters. The van der Waals surface area contributed by atoms with Crippen molar-refractivity contribution in [3.05, 3.63) is 34.9 Å². The van der Waals surface area contributed by atoms with E-state index in [-0.39, 0.29) is 5.41 Å². The van der Waals surface area contributed by atoms with Gasteiger partial charge in [0, 0.05) is 7.11 Å². The van der Waals surface area contributed by atoms with Crippen LogP contribution in [0.2, 0.25) is 0 Å². The highest BCUT2D eigenvalue weighted by molar-refractivity contribution is 5.37. The highest BCUT2D eigenvalue weighted by Crippen LogP contribution is 2.37. The van der Waals surface area contributed by atoms with Crippen LogP contribution in [0, 0.1) is 12.3 Å². The normalized spacial score (nSPS) is 23.4. The molecule has 0 aromatic heterocycles. The molecule has 16 heavy (non-hydrogen) atoms. The summed E-state index contributed by atoms with van der Waals surface area (Å²) in [5, 5.41) is 0. The van der Waals surface area contributed by atoms with Gasteiger partial charge in [-0.3, -0.25) is 0 Å². The van der Waals surface area contributed by atoms with E-state index >= 15 is 0 Å². The molecule has 2 nitrogen and oxygen atoms in total. The van der Waals surface area contributed by atoms with Gasteiger partial charge >= 0.3 is 0 Å². The summed E-state index contributed by atoms with van der Waals surface area (Å²) in [4.78, 5) is 0. The second-order valence-corrected chi connectivity index (χ2v) is 5.19. The zero-order valence-electron chi connectivity index (χ0n) is 10.4. The molecule has 0 saturated carbocycles. The molecule has 1 aromatic rings. The fourth-order valence-electron chi connectivity index (χ4n) is 2.55. The monoisotopic (exact) mass is 220 g/mol. The molecule has 0 aliphatic heterocycles. The lowest BCUT2D eigenvalue weighted by atomic mass is 9.88.